The van der Waals surface area contributed by atoms with Gasteiger partial charge in [-0.05, 0) is 43.9 Å². The van der Waals surface area contributed by atoms with Gasteiger partial charge in [-0.1, -0.05) is 18.8 Å². The smallest absolute Gasteiger partial charge is 0.247 e. The number of carbonyl (C=O) groups excluding carboxylic acids is 1. The maximum Gasteiger partial charge on any atom is 0.247 e. The van der Waals surface area contributed by atoms with E-state index in [-0.39, 0.29) is 42.2 Å². The minimum Gasteiger partial charge on any atom is -0.487 e. The quantitative estimate of drug-likeness (QED) is 0.600. The minimum absolute atomic E-state index is 0.0314. The van der Waals surface area contributed by atoms with Gasteiger partial charge in [0.15, 0.2) is 0 Å². The van der Waals surface area contributed by atoms with Crippen molar-refractivity contribution in [2.75, 3.05) is 40.5 Å². The SMILES string of the molecule is COCC#Cc1ccc2c(c1)O[C@@H](CN(C)C(=O)CC1CC1)[C@H](C)CN([C@H](C)CO)S2(=O)=O. The number of carbonyl (C=O) groups is 1. The Morgan fingerprint density at radius 2 is 2.12 bits per heavy atom. The molecule has 1 heterocycles. The van der Waals surface area contributed by atoms with Crippen LogP contribution in [0.3, 0.4) is 0 Å². The van der Waals surface area contributed by atoms with Crippen molar-refractivity contribution in [3.8, 4) is 17.6 Å². The number of rotatable bonds is 7. The molecular weight excluding hydrogens is 444 g/mol. The van der Waals surface area contributed by atoms with Gasteiger partial charge in [0.1, 0.15) is 23.4 Å². The number of amides is 1. The topological polar surface area (TPSA) is 96.4 Å². The number of methoxy groups -OCH3 is 1. The van der Waals surface area contributed by atoms with Crippen LogP contribution in [-0.4, -0.2) is 81.2 Å². The summed E-state index contributed by atoms with van der Waals surface area (Å²) in [6.45, 7) is 4.06. The molecule has 1 aromatic carbocycles. The summed E-state index contributed by atoms with van der Waals surface area (Å²) < 4.78 is 39.5. The predicted octanol–water partition coefficient (Wildman–Crippen LogP) is 1.71. The molecule has 182 valence electrons. The Balaban J connectivity index is 1.97. The normalized spacial score (nSPS) is 23.2. The van der Waals surface area contributed by atoms with Crippen LogP contribution in [0.2, 0.25) is 0 Å². The van der Waals surface area contributed by atoms with E-state index in [2.05, 4.69) is 11.8 Å². The van der Waals surface area contributed by atoms with Gasteiger partial charge in [0.05, 0.1) is 13.2 Å². The van der Waals surface area contributed by atoms with Crippen molar-refractivity contribution < 1.29 is 27.8 Å². The monoisotopic (exact) mass is 478 g/mol. The zero-order chi connectivity index (χ0) is 24.2. The Hall–Kier alpha value is -2.12. The number of likely N-dealkylation sites (N-methyl/N-ethyl adjacent to an activating group) is 1. The van der Waals surface area contributed by atoms with Crippen LogP contribution in [0, 0.1) is 23.7 Å². The summed E-state index contributed by atoms with van der Waals surface area (Å²) in [4.78, 5) is 14.3. The van der Waals surface area contributed by atoms with Crippen molar-refractivity contribution in [1.29, 1.82) is 0 Å². The summed E-state index contributed by atoms with van der Waals surface area (Å²) in [6.07, 6.45) is 2.31. The molecule has 3 atom stereocenters. The third kappa shape index (κ3) is 6.27. The summed E-state index contributed by atoms with van der Waals surface area (Å²) in [5.41, 5.74) is 0.605. The van der Waals surface area contributed by atoms with Crippen molar-refractivity contribution >= 4 is 15.9 Å². The van der Waals surface area contributed by atoms with Crippen molar-refractivity contribution in [2.45, 2.75) is 50.2 Å². The molecule has 1 saturated carbocycles. The molecule has 1 amide bonds. The highest BCUT2D eigenvalue weighted by Crippen LogP contribution is 2.35. The summed E-state index contributed by atoms with van der Waals surface area (Å²) in [7, 11) is -0.597. The summed E-state index contributed by atoms with van der Waals surface area (Å²) in [5.74, 6) is 6.35. The van der Waals surface area contributed by atoms with Crippen LogP contribution in [0.15, 0.2) is 23.1 Å². The summed E-state index contributed by atoms with van der Waals surface area (Å²) >= 11 is 0. The molecule has 3 rings (SSSR count). The second-order valence-corrected chi connectivity index (χ2v) is 10.9. The number of fused-ring (bicyclic) bond motifs is 1. The Morgan fingerprint density at radius 3 is 2.76 bits per heavy atom. The molecule has 2 aliphatic rings. The van der Waals surface area contributed by atoms with Crippen molar-refractivity contribution in [3.05, 3.63) is 23.8 Å². The lowest BCUT2D eigenvalue weighted by molar-refractivity contribution is -0.131. The number of ether oxygens (including phenoxy) is 2. The third-order valence-electron chi connectivity index (χ3n) is 6.16. The van der Waals surface area contributed by atoms with Crippen molar-refractivity contribution in [2.24, 2.45) is 11.8 Å². The molecule has 0 aromatic heterocycles. The lowest BCUT2D eigenvalue weighted by Crippen LogP contribution is -2.50. The number of aliphatic hydroxyl groups excluding tert-OH is 1. The van der Waals surface area contributed by atoms with Gasteiger partial charge >= 0.3 is 0 Å². The average Bonchev–Trinajstić information content (AvgIpc) is 3.59. The van der Waals surface area contributed by atoms with E-state index >= 15 is 0 Å². The number of benzene rings is 1. The predicted molar refractivity (Wildman–Crippen MR) is 124 cm³/mol. The highest BCUT2D eigenvalue weighted by molar-refractivity contribution is 7.89. The van der Waals surface area contributed by atoms with Crippen LogP contribution in [0.5, 0.6) is 5.75 Å². The van der Waals surface area contributed by atoms with Gasteiger partial charge in [-0.25, -0.2) is 8.42 Å². The number of hydrogen-bond acceptors (Lipinski definition) is 6. The lowest BCUT2D eigenvalue weighted by atomic mass is 10.0. The van der Waals surface area contributed by atoms with Crippen LogP contribution in [0.4, 0.5) is 0 Å². The molecule has 1 fully saturated rings. The molecule has 1 N–H and O–H groups in total. The maximum absolute atomic E-state index is 13.5. The van der Waals surface area contributed by atoms with Crippen LogP contribution >= 0.6 is 0 Å². The zero-order valence-electron chi connectivity index (χ0n) is 19.8. The van der Waals surface area contributed by atoms with Crippen LogP contribution in [0.25, 0.3) is 0 Å². The first kappa shape index (κ1) is 25.5. The second-order valence-electron chi connectivity index (χ2n) is 9.06. The van der Waals surface area contributed by atoms with Crippen LogP contribution in [-0.2, 0) is 19.6 Å². The first-order chi connectivity index (χ1) is 15.7. The fraction of sp³-hybridized carbons (Fsp3) is 0.625. The fourth-order valence-corrected chi connectivity index (χ4v) is 5.65. The van der Waals surface area contributed by atoms with Crippen LogP contribution < -0.4 is 4.74 Å². The molecular formula is C24H34N2O6S. The lowest BCUT2D eigenvalue weighted by Gasteiger charge is -2.37. The Bertz CT molecular complexity index is 1010. The number of sulfonamides is 1. The molecule has 0 saturated heterocycles. The Kier molecular flexibility index (Phi) is 8.40. The summed E-state index contributed by atoms with van der Waals surface area (Å²) in [5, 5.41) is 9.73. The molecule has 8 nitrogen and oxygen atoms in total. The van der Waals surface area contributed by atoms with Crippen molar-refractivity contribution in [1.82, 2.24) is 9.21 Å². The van der Waals surface area contributed by atoms with Gasteiger partial charge in [-0.3, -0.25) is 4.79 Å². The van der Waals surface area contributed by atoms with Crippen molar-refractivity contribution in [3.63, 3.8) is 0 Å². The van der Waals surface area contributed by atoms with E-state index in [1.165, 1.54) is 10.4 Å². The van der Waals surface area contributed by atoms with Gasteiger partial charge in [0.25, 0.3) is 0 Å². The minimum atomic E-state index is -3.91. The van der Waals surface area contributed by atoms with E-state index in [0.29, 0.717) is 24.4 Å². The summed E-state index contributed by atoms with van der Waals surface area (Å²) in [6, 6.07) is 4.15. The van der Waals surface area contributed by atoms with E-state index in [1.807, 2.05) is 6.92 Å². The standard InChI is InChI=1S/C24H34N2O6S/c1-17-14-26(18(2)16-27)33(29,30)23-10-9-19(6-5-11-31-4)12-21(23)32-22(17)15-25(3)24(28)13-20-7-8-20/h9-10,12,17-18,20,22,27H,7-8,11,13-16H2,1-4H3/t17-,18-,22+/m1/s1. The molecule has 0 spiro atoms. The Labute approximate surface area is 196 Å². The van der Waals surface area contributed by atoms with E-state index in [0.717, 1.165) is 12.8 Å². The van der Waals surface area contributed by atoms with E-state index in [1.54, 1.807) is 38.1 Å². The Morgan fingerprint density at radius 1 is 1.39 bits per heavy atom. The average molecular weight is 479 g/mol. The van der Waals surface area contributed by atoms with Crippen LogP contribution in [0.1, 0.15) is 38.7 Å². The first-order valence-corrected chi connectivity index (χ1v) is 12.8. The highest BCUT2D eigenvalue weighted by Gasteiger charge is 2.38. The van der Waals surface area contributed by atoms with Gasteiger partial charge in [0, 0.05) is 44.6 Å². The molecule has 9 heteroatoms. The molecule has 1 aliphatic carbocycles. The first-order valence-electron chi connectivity index (χ1n) is 11.3. The largest absolute Gasteiger partial charge is 0.487 e. The maximum atomic E-state index is 13.5. The molecule has 0 unspecified atom stereocenters. The van der Waals surface area contributed by atoms with Gasteiger partial charge in [0.2, 0.25) is 15.9 Å². The highest BCUT2D eigenvalue weighted by atomic mass is 32.2. The molecule has 1 aliphatic heterocycles. The van der Waals surface area contributed by atoms with E-state index < -0.39 is 22.2 Å². The molecule has 0 bridgehead atoms. The number of hydrogen-bond donors (Lipinski definition) is 1. The van der Waals surface area contributed by atoms with Gasteiger partial charge in [-0.2, -0.15) is 4.31 Å². The van der Waals surface area contributed by atoms with Gasteiger partial charge < -0.3 is 19.5 Å². The van der Waals surface area contributed by atoms with E-state index in [9.17, 15) is 18.3 Å². The molecule has 0 radical (unpaired) electrons. The number of nitrogens with zero attached hydrogens (tertiary/aromatic N) is 2. The number of aliphatic hydroxyl groups is 1. The molecule has 33 heavy (non-hydrogen) atoms. The van der Waals surface area contributed by atoms with E-state index in [4.69, 9.17) is 9.47 Å². The molecule has 1 aromatic rings. The zero-order valence-corrected chi connectivity index (χ0v) is 20.6. The second kappa shape index (κ2) is 10.9. The fourth-order valence-electron chi connectivity index (χ4n) is 3.83. The third-order valence-corrected chi connectivity index (χ3v) is 8.18. The van der Waals surface area contributed by atoms with Gasteiger partial charge in [-0.15, -0.1) is 0 Å².